The molecule has 0 aliphatic carbocycles. The number of benzene rings is 1. The molecule has 1 aromatic carbocycles. The van der Waals surface area contributed by atoms with E-state index in [1.165, 1.54) is 5.69 Å². The second-order valence-electron chi connectivity index (χ2n) is 5.82. The Bertz CT molecular complexity index is 800. The van der Waals surface area contributed by atoms with E-state index in [4.69, 9.17) is 0 Å². The minimum atomic E-state index is 0.582. The Labute approximate surface area is 154 Å². The zero-order chi connectivity index (χ0) is 18.2. The van der Waals surface area contributed by atoms with Crippen molar-refractivity contribution in [2.75, 3.05) is 28.6 Å². The summed E-state index contributed by atoms with van der Waals surface area (Å²) >= 11 is 0. The predicted octanol–water partition coefficient (Wildman–Crippen LogP) is 4.07. The van der Waals surface area contributed by atoms with Crippen LogP contribution in [0.3, 0.4) is 0 Å². The molecule has 2 N–H and O–H groups in total. The fourth-order valence-corrected chi connectivity index (χ4v) is 2.69. The van der Waals surface area contributed by atoms with Gasteiger partial charge in [-0.15, -0.1) is 0 Å². The molecular weight excluding hydrogens is 324 g/mol. The zero-order valence-electron chi connectivity index (χ0n) is 15.2. The molecule has 0 unspecified atom stereocenters. The van der Waals surface area contributed by atoms with Crippen LogP contribution in [0.2, 0.25) is 0 Å². The third-order valence-electron chi connectivity index (χ3n) is 4.10. The number of hydrogen-bond donors (Lipinski definition) is 2. The van der Waals surface area contributed by atoms with Gasteiger partial charge in [-0.3, -0.25) is 4.98 Å². The first kappa shape index (κ1) is 17.7. The molecule has 6 nitrogen and oxygen atoms in total. The van der Waals surface area contributed by atoms with Crippen molar-refractivity contribution in [3.8, 4) is 0 Å². The molecule has 0 bridgehead atoms. The summed E-state index contributed by atoms with van der Waals surface area (Å²) in [7, 11) is 0. The molecule has 0 radical (unpaired) electrons. The van der Waals surface area contributed by atoms with Crippen LogP contribution < -0.4 is 15.5 Å². The van der Waals surface area contributed by atoms with Crippen molar-refractivity contribution < 1.29 is 0 Å². The average molecular weight is 348 g/mol. The first-order valence-corrected chi connectivity index (χ1v) is 8.86. The summed E-state index contributed by atoms with van der Waals surface area (Å²) in [5, 5.41) is 6.54. The van der Waals surface area contributed by atoms with Crippen molar-refractivity contribution in [1.29, 1.82) is 0 Å². The van der Waals surface area contributed by atoms with E-state index in [0.717, 1.165) is 30.2 Å². The molecular formula is C20H24N6. The van der Waals surface area contributed by atoms with E-state index in [1.54, 1.807) is 12.4 Å². The maximum Gasteiger partial charge on any atom is 0.224 e. The summed E-state index contributed by atoms with van der Waals surface area (Å²) in [6.45, 7) is 6.96. The molecule has 0 fully saturated rings. The highest BCUT2D eigenvalue weighted by Crippen LogP contribution is 2.20. The van der Waals surface area contributed by atoms with Crippen molar-refractivity contribution in [1.82, 2.24) is 15.0 Å². The Balaban J connectivity index is 1.63. The van der Waals surface area contributed by atoms with E-state index in [-0.39, 0.29) is 0 Å². The molecule has 0 saturated carbocycles. The molecule has 3 aromatic rings. The first-order valence-electron chi connectivity index (χ1n) is 8.86. The van der Waals surface area contributed by atoms with Crippen LogP contribution in [0.5, 0.6) is 0 Å². The Kier molecular flexibility index (Phi) is 5.98. The van der Waals surface area contributed by atoms with Gasteiger partial charge in [-0.05, 0) is 55.8 Å². The van der Waals surface area contributed by atoms with Crippen LogP contribution >= 0.6 is 0 Å². The highest BCUT2D eigenvalue weighted by atomic mass is 15.1. The van der Waals surface area contributed by atoms with Crippen molar-refractivity contribution >= 4 is 23.1 Å². The summed E-state index contributed by atoms with van der Waals surface area (Å²) < 4.78 is 0. The minimum Gasteiger partial charge on any atom is -0.372 e. The van der Waals surface area contributed by atoms with E-state index in [1.807, 2.05) is 24.4 Å². The second kappa shape index (κ2) is 8.80. The Morgan fingerprint density at radius 1 is 0.962 bits per heavy atom. The first-order chi connectivity index (χ1) is 12.8. The molecule has 0 spiro atoms. The second-order valence-corrected chi connectivity index (χ2v) is 5.82. The fraction of sp³-hybridized carbons (Fsp3) is 0.250. The maximum atomic E-state index is 4.51. The normalized spacial score (nSPS) is 10.4. The van der Waals surface area contributed by atoms with E-state index in [9.17, 15) is 0 Å². The number of anilines is 4. The fourth-order valence-electron chi connectivity index (χ4n) is 2.69. The van der Waals surface area contributed by atoms with Gasteiger partial charge in [-0.1, -0.05) is 6.07 Å². The summed E-state index contributed by atoms with van der Waals surface area (Å²) in [5.74, 6) is 1.34. The monoisotopic (exact) mass is 348 g/mol. The number of rotatable bonds is 8. The molecule has 0 aliphatic heterocycles. The topological polar surface area (TPSA) is 66.0 Å². The van der Waals surface area contributed by atoms with E-state index >= 15 is 0 Å². The van der Waals surface area contributed by atoms with E-state index < -0.39 is 0 Å². The average Bonchev–Trinajstić information content (AvgIpc) is 2.70. The molecule has 0 atom stereocenters. The molecule has 0 amide bonds. The summed E-state index contributed by atoms with van der Waals surface area (Å²) in [6, 6.07) is 14.2. The Morgan fingerprint density at radius 3 is 2.46 bits per heavy atom. The van der Waals surface area contributed by atoms with Gasteiger partial charge in [0.15, 0.2) is 0 Å². The number of pyridine rings is 1. The van der Waals surface area contributed by atoms with Crippen LogP contribution in [0.15, 0.2) is 61.1 Å². The SMILES string of the molecule is CCN(CC)c1ccc(Nc2ccnc(NCc3cccnc3)n2)cc1. The summed E-state index contributed by atoms with van der Waals surface area (Å²) in [4.78, 5) is 15.2. The molecule has 134 valence electrons. The number of aromatic nitrogens is 3. The van der Waals surface area contributed by atoms with Crippen LogP contribution in [-0.4, -0.2) is 28.0 Å². The number of hydrogen-bond acceptors (Lipinski definition) is 6. The lowest BCUT2D eigenvalue weighted by Gasteiger charge is -2.21. The van der Waals surface area contributed by atoms with Crippen molar-refractivity contribution in [2.24, 2.45) is 0 Å². The van der Waals surface area contributed by atoms with E-state index in [2.05, 4.69) is 68.6 Å². The lowest BCUT2D eigenvalue weighted by atomic mass is 10.2. The van der Waals surface area contributed by atoms with Gasteiger partial charge in [0.25, 0.3) is 0 Å². The summed E-state index contributed by atoms with van der Waals surface area (Å²) in [6.07, 6.45) is 5.33. The number of nitrogens with zero attached hydrogens (tertiary/aromatic N) is 4. The summed E-state index contributed by atoms with van der Waals surface area (Å²) in [5.41, 5.74) is 3.31. The predicted molar refractivity (Wildman–Crippen MR) is 107 cm³/mol. The lowest BCUT2D eigenvalue weighted by Crippen LogP contribution is -2.21. The molecule has 2 aromatic heterocycles. The van der Waals surface area contributed by atoms with Crippen LogP contribution in [0.25, 0.3) is 0 Å². The van der Waals surface area contributed by atoms with Gasteiger partial charge in [-0.25, -0.2) is 4.98 Å². The van der Waals surface area contributed by atoms with Gasteiger partial charge in [0, 0.05) is 49.6 Å². The largest absolute Gasteiger partial charge is 0.372 e. The van der Waals surface area contributed by atoms with Gasteiger partial charge in [0.1, 0.15) is 5.82 Å². The highest BCUT2D eigenvalue weighted by molar-refractivity contribution is 5.61. The molecule has 0 aliphatic rings. The smallest absolute Gasteiger partial charge is 0.224 e. The minimum absolute atomic E-state index is 0.582. The molecule has 0 saturated heterocycles. The highest BCUT2D eigenvalue weighted by Gasteiger charge is 2.03. The van der Waals surface area contributed by atoms with Crippen LogP contribution in [0, 0.1) is 0 Å². The molecule has 6 heteroatoms. The van der Waals surface area contributed by atoms with Gasteiger partial charge in [0.05, 0.1) is 0 Å². The molecule has 3 rings (SSSR count). The van der Waals surface area contributed by atoms with Crippen LogP contribution in [0.4, 0.5) is 23.1 Å². The van der Waals surface area contributed by atoms with Crippen molar-refractivity contribution in [3.05, 3.63) is 66.6 Å². The van der Waals surface area contributed by atoms with Crippen LogP contribution in [-0.2, 0) is 6.54 Å². The molecule has 26 heavy (non-hydrogen) atoms. The standard InChI is InChI=1S/C20H24N6/c1-3-26(4-2)18-9-7-17(8-10-18)24-19-11-13-22-20(25-19)23-15-16-6-5-12-21-14-16/h5-14H,3-4,15H2,1-2H3,(H2,22,23,24,25). The van der Waals surface area contributed by atoms with Crippen molar-refractivity contribution in [2.45, 2.75) is 20.4 Å². The zero-order valence-corrected chi connectivity index (χ0v) is 15.2. The maximum absolute atomic E-state index is 4.51. The van der Waals surface area contributed by atoms with Gasteiger partial charge in [0.2, 0.25) is 5.95 Å². The Morgan fingerprint density at radius 2 is 1.77 bits per heavy atom. The quantitative estimate of drug-likeness (QED) is 0.640. The van der Waals surface area contributed by atoms with E-state index in [0.29, 0.717) is 12.5 Å². The molecule has 2 heterocycles. The van der Waals surface area contributed by atoms with Gasteiger partial charge in [-0.2, -0.15) is 4.98 Å². The van der Waals surface area contributed by atoms with Gasteiger partial charge < -0.3 is 15.5 Å². The van der Waals surface area contributed by atoms with Gasteiger partial charge >= 0.3 is 0 Å². The van der Waals surface area contributed by atoms with Crippen LogP contribution in [0.1, 0.15) is 19.4 Å². The Hall–Kier alpha value is -3.15. The third-order valence-corrected chi connectivity index (χ3v) is 4.10. The third kappa shape index (κ3) is 4.69. The number of nitrogens with one attached hydrogen (secondary N) is 2. The van der Waals surface area contributed by atoms with Crippen molar-refractivity contribution in [3.63, 3.8) is 0 Å². The lowest BCUT2D eigenvalue weighted by molar-refractivity contribution is 0.866.